The van der Waals surface area contributed by atoms with Gasteiger partial charge < -0.3 is 14.4 Å². The number of methoxy groups -OCH3 is 1. The van der Waals surface area contributed by atoms with Crippen LogP contribution in [0.15, 0.2) is 23.1 Å². The van der Waals surface area contributed by atoms with Gasteiger partial charge in [0, 0.05) is 25.6 Å². The Morgan fingerprint density at radius 3 is 2.74 bits per heavy atom. The van der Waals surface area contributed by atoms with Gasteiger partial charge in [-0.05, 0) is 37.8 Å². The second-order valence-corrected chi connectivity index (χ2v) is 9.28. The Kier molecular flexibility index (Phi) is 7.02. The lowest BCUT2D eigenvalue weighted by Gasteiger charge is -2.24. The molecule has 0 bridgehead atoms. The predicted octanol–water partition coefficient (Wildman–Crippen LogP) is 0.534. The molecule has 2 aliphatic rings. The van der Waals surface area contributed by atoms with Gasteiger partial charge in [0.05, 0.1) is 24.1 Å². The summed E-state index contributed by atoms with van der Waals surface area (Å²) in [5.74, 6) is -0.191. The van der Waals surface area contributed by atoms with Gasteiger partial charge >= 0.3 is 0 Å². The number of amides is 2. The van der Waals surface area contributed by atoms with E-state index >= 15 is 0 Å². The van der Waals surface area contributed by atoms with E-state index in [9.17, 15) is 23.3 Å². The smallest absolute Gasteiger partial charge is 0.264 e. The van der Waals surface area contributed by atoms with Gasteiger partial charge in [-0.3, -0.25) is 14.9 Å². The predicted molar refractivity (Wildman–Crippen MR) is 110 cm³/mol. The van der Waals surface area contributed by atoms with Gasteiger partial charge in [-0.1, -0.05) is 0 Å². The molecule has 0 radical (unpaired) electrons. The second-order valence-electron chi connectivity index (χ2n) is 7.60. The summed E-state index contributed by atoms with van der Waals surface area (Å²) in [6, 6.07) is 5.41. The zero-order chi connectivity index (χ0) is 22.6. The summed E-state index contributed by atoms with van der Waals surface area (Å²) in [6.45, 7) is 1.91. The molecule has 2 N–H and O–H groups in total. The largest absolute Gasteiger partial charge is 0.493 e. The Balaban J connectivity index is 1.63. The topological polar surface area (TPSA) is 138 Å². The minimum Gasteiger partial charge on any atom is -0.493 e. The monoisotopic (exact) mass is 450 g/mol. The molecular formula is C20H26N4O6S. The molecule has 2 fully saturated rings. The molecule has 1 aromatic rings. The van der Waals surface area contributed by atoms with Crippen LogP contribution in [-0.2, 0) is 19.6 Å². The van der Waals surface area contributed by atoms with Crippen molar-refractivity contribution >= 4 is 21.8 Å². The molecule has 10 nitrogen and oxygen atoms in total. The van der Waals surface area contributed by atoms with Crippen LogP contribution in [0.1, 0.15) is 32.6 Å². The van der Waals surface area contributed by atoms with Crippen molar-refractivity contribution in [1.82, 2.24) is 14.9 Å². The van der Waals surface area contributed by atoms with Gasteiger partial charge in [-0.15, -0.1) is 0 Å². The van der Waals surface area contributed by atoms with Crippen molar-refractivity contribution < 1.29 is 27.5 Å². The number of sulfonamides is 1. The number of ether oxygens (including phenoxy) is 2. The zero-order valence-electron chi connectivity index (χ0n) is 17.5. The van der Waals surface area contributed by atoms with Gasteiger partial charge in [0.15, 0.2) is 11.5 Å². The fourth-order valence-electron chi connectivity index (χ4n) is 3.89. The number of nitriles is 1. The molecule has 2 amide bonds. The lowest BCUT2D eigenvalue weighted by molar-refractivity contribution is -0.133. The summed E-state index contributed by atoms with van der Waals surface area (Å²) >= 11 is 0. The van der Waals surface area contributed by atoms with Crippen molar-refractivity contribution in [2.45, 2.75) is 55.6 Å². The Morgan fingerprint density at radius 1 is 1.29 bits per heavy atom. The maximum Gasteiger partial charge on any atom is 0.264 e. The first-order valence-corrected chi connectivity index (χ1v) is 11.5. The number of benzene rings is 1. The van der Waals surface area contributed by atoms with Gasteiger partial charge in [-0.25, -0.2) is 13.1 Å². The zero-order valence-corrected chi connectivity index (χ0v) is 18.3. The molecule has 0 aliphatic carbocycles. The molecule has 2 saturated heterocycles. The normalized spacial score (nSPS) is 23.3. The van der Waals surface area contributed by atoms with Crippen LogP contribution in [0.2, 0.25) is 0 Å². The number of nitrogens with one attached hydrogen (secondary N) is 2. The van der Waals surface area contributed by atoms with E-state index in [4.69, 9.17) is 9.47 Å². The van der Waals surface area contributed by atoms with E-state index in [1.807, 2.05) is 4.72 Å². The number of carbonyl (C=O) groups excluding carboxylic acids is 2. The van der Waals surface area contributed by atoms with Crippen LogP contribution in [-0.4, -0.2) is 63.5 Å². The molecule has 3 atom stereocenters. The summed E-state index contributed by atoms with van der Waals surface area (Å²) in [4.78, 5) is 25.4. The summed E-state index contributed by atoms with van der Waals surface area (Å²) in [5, 5.41) is 12.5. The maximum atomic E-state index is 12.7. The third-order valence-corrected chi connectivity index (χ3v) is 6.82. The third kappa shape index (κ3) is 5.26. The average molecular weight is 451 g/mol. The van der Waals surface area contributed by atoms with Crippen molar-refractivity contribution in [1.29, 1.82) is 5.26 Å². The fourth-order valence-corrected chi connectivity index (χ4v) is 4.89. The Morgan fingerprint density at radius 2 is 2.06 bits per heavy atom. The Labute approximate surface area is 181 Å². The molecule has 0 spiro atoms. The molecule has 0 unspecified atom stereocenters. The highest BCUT2D eigenvalue weighted by atomic mass is 32.2. The van der Waals surface area contributed by atoms with Gasteiger partial charge in [0.25, 0.3) is 10.0 Å². The van der Waals surface area contributed by atoms with Gasteiger partial charge in [0.2, 0.25) is 11.8 Å². The number of likely N-dealkylation sites (tertiary alicyclic amines) is 1. The number of rotatable bonds is 7. The van der Waals surface area contributed by atoms with E-state index < -0.39 is 15.9 Å². The average Bonchev–Trinajstić information content (AvgIpc) is 3.40. The Bertz CT molecular complexity index is 990. The van der Waals surface area contributed by atoms with E-state index in [1.54, 1.807) is 4.90 Å². The minimum absolute atomic E-state index is 0.0625. The first-order valence-electron chi connectivity index (χ1n) is 10.1. The highest BCUT2D eigenvalue weighted by molar-refractivity contribution is 7.90. The molecule has 168 valence electrons. The van der Waals surface area contributed by atoms with Crippen LogP contribution in [0.25, 0.3) is 0 Å². The van der Waals surface area contributed by atoms with E-state index in [0.29, 0.717) is 31.6 Å². The molecule has 31 heavy (non-hydrogen) atoms. The van der Waals surface area contributed by atoms with Gasteiger partial charge in [0.1, 0.15) is 12.6 Å². The van der Waals surface area contributed by atoms with E-state index in [0.717, 1.165) is 13.3 Å². The quantitative estimate of drug-likeness (QED) is 0.614. The van der Waals surface area contributed by atoms with Crippen molar-refractivity contribution in [3.63, 3.8) is 0 Å². The first-order chi connectivity index (χ1) is 14.7. The van der Waals surface area contributed by atoms with E-state index in [-0.39, 0.29) is 41.3 Å². The fraction of sp³-hybridized carbons (Fsp3) is 0.550. The number of carbonyl (C=O) groups is 2. The van der Waals surface area contributed by atoms with Crippen molar-refractivity contribution in [2.24, 2.45) is 0 Å². The lowest BCUT2D eigenvalue weighted by atomic mass is 10.1. The van der Waals surface area contributed by atoms with Crippen LogP contribution in [0.4, 0.5) is 0 Å². The van der Waals surface area contributed by atoms with E-state index in [1.165, 1.54) is 25.3 Å². The van der Waals surface area contributed by atoms with Crippen molar-refractivity contribution in [3.8, 4) is 17.6 Å². The van der Waals surface area contributed by atoms with Gasteiger partial charge in [-0.2, -0.15) is 5.26 Å². The van der Waals surface area contributed by atoms with E-state index in [2.05, 4.69) is 11.4 Å². The molecule has 11 heteroatoms. The summed E-state index contributed by atoms with van der Waals surface area (Å²) < 4.78 is 37.4. The minimum atomic E-state index is -4.01. The van der Waals surface area contributed by atoms with Crippen molar-refractivity contribution in [2.75, 3.05) is 20.3 Å². The highest BCUT2D eigenvalue weighted by Crippen LogP contribution is 2.30. The first kappa shape index (κ1) is 22.8. The molecule has 2 aliphatic heterocycles. The summed E-state index contributed by atoms with van der Waals surface area (Å²) in [7, 11) is -2.57. The van der Waals surface area contributed by atoms with Crippen LogP contribution in [0.3, 0.4) is 0 Å². The highest BCUT2D eigenvalue weighted by Gasteiger charge is 2.37. The molecular weight excluding hydrogens is 424 g/mol. The van der Waals surface area contributed by atoms with Crippen LogP contribution in [0, 0.1) is 11.3 Å². The third-order valence-electron chi connectivity index (χ3n) is 5.39. The molecule has 0 aromatic heterocycles. The summed E-state index contributed by atoms with van der Waals surface area (Å²) in [6.07, 6.45) is 2.88. The summed E-state index contributed by atoms with van der Waals surface area (Å²) in [5.41, 5.74) is 0. The number of hydrogen-bond donors (Lipinski definition) is 2. The SMILES string of the molecule is COc1ccc(S(=O)(=O)NC(C)=O)cc1OC[C@H]1CC[C@@H](C(=O)N2CCC[C@H]2C#N)N1. The lowest BCUT2D eigenvalue weighted by Crippen LogP contribution is -2.47. The maximum absolute atomic E-state index is 12.7. The van der Waals surface area contributed by atoms with Crippen LogP contribution in [0.5, 0.6) is 11.5 Å². The standard InChI is InChI=1S/C20H26N4O6S/c1-13(25)23-31(27,28)16-6-8-18(29-2)19(10-16)30-12-14-5-7-17(22-14)20(26)24-9-3-4-15(24)11-21/h6,8,10,14-15,17,22H,3-5,7,9,12H2,1-2H3,(H,23,25)/t14-,15+,17+/m1/s1. The molecule has 1 aromatic carbocycles. The number of nitrogens with zero attached hydrogens (tertiary/aromatic N) is 2. The van der Waals surface area contributed by atoms with Crippen LogP contribution < -0.4 is 19.5 Å². The Hall–Kier alpha value is -2.84. The molecule has 3 rings (SSSR count). The molecule has 0 saturated carbocycles. The second kappa shape index (κ2) is 9.53. The molecule has 2 heterocycles. The van der Waals surface area contributed by atoms with Crippen molar-refractivity contribution in [3.05, 3.63) is 18.2 Å². The van der Waals surface area contributed by atoms with Crippen LogP contribution >= 0.6 is 0 Å². The number of hydrogen-bond acceptors (Lipinski definition) is 8.